The molecule has 19 heavy (non-hydrogen) atoms. The lowest BCUT2D eigenvalue weighted by Gasteiger charge is -2.06. The first-order valence-electron chi connectivity index (χ1n) is 6.04. The zero-order valence-electron chi connectivity index (χ0n) is 11.3. The number of nitrogens with two attached hydrogens (primary N) is 1. The first kappa shape index (κ1) is 13.5. The summed E-state index contributed by atoms with van der Waals surface area (Å²) in [4.78, 5) is 16.7. The molecule has 1 aromatic heterocycles. The molecule has 0 aliphatic heterocycles. The lowest BCUT2D eigenvalue weighted by molar-refractivity contribution is 0.0954. The van der Waals surface area contributed by atoms with E-state index in [9.17, 15) is 4.79 Å². The molecular formula is C14H17N3OS. The Morgan fingerprint density at radius 3 is 2.42 bits per heavy atom. The summed E-state index contributed by atoms with van der Waals surface area (Å²) in [5, 5.41) is 3.32. The van der Waals surface area contributed by atoms with Crippen LogP contribution >= 0.6 is 11.3 Å². The Kier molecular flexibility index (Phi) is 3.85. The Morgan fingerprint density at radius 2 is 1.89 bits per heavy atom. The van der Waals surface area contributed by atoms with Crippen molar-refractivity contribution in [1.82, 2.24) is 10.3 Å². The molecule has 5 heteroatoms. The number of nitrogens with zero attached hydrogens (tertiary/aromatic N) is 1. The maximum absolute atomic E-state index is 12.0. The number of thiazole rings is 1. The van der Waals surface area contributed by atoms with Gasteiger partial charge in [0, 0.05) is 6.54 Å². The van der Waals surface area contributed by atoms with Gasteiger partial charge in [-0.1, -0.05) is 40.7 Å². The Balaban J connectivity index is 2.06. The van der Waals surface area contributed by atoms with Crippen molar-refractivity contribution in [2.24, 2.45) is 0 Å². The van der Waals surface area contributed by atoms with Crippen molar-refractivity contribution in [2.45, 2.75) is 27.3 Å². The van der Waals surface area contributed by atoms with Gasteiger partial charge in [-0.15, -0.1) is 0 Å². The summed E-state index contributed by atoms with van der Waals surface area (Å²) in [6.07, 6.45) is 0. The van der Waals surface area contributed by atoms with Crippen molar-refractivity contribution < 1.29 is 4.79 Å². The Labute approximate surface area is 116 Å². The zero-order valence-corrected chi connectivity index (χ0v) is 12.1. The second-order valence-corrected chi connectivity index (χ2v) is 5.68. The van der Waals surface area contributed by atoms with Crippen LogP contribution in [0.15, 0.2) is 18.2 Å². The van der Waals surface area contributed by atoms with Gasteiger partial charge in [0.15, 0.2) is 5.13 Å². The standard InChI is InChI=1S/C14H17N3OS/c1-8-4-9(2)6-11(5-8)7-16-13(18)12-10(3)17-14(15)19-12/h4-6H,7H2,1-3H3,(H2,15,17)(H,16,18). The molecule has 0 radical (unpaired) electrons. The highest BCUT2D eigenvalue weighted by molar-refractivity contribution is 7.17. The molecule has 3 N–H and O–H groups in total. The number of aryl methyl sites for hydroxylation is 3. The summed E-state index contributed by atoms with van der Waals surface area (Å²) in [6.45, 7) is 6.40. The topological polar surface area (TPSA) is 68.0 Å². The summed E-state index contributed by atoms with van der Waals surface area (Å²) < 4.78 is 0. The van der Waals surface area contributed by atoms with Gasteiger partial charge in [-0.2, -0.15) is 0 Å². The van der Waals surface area contributed by atoms with Crippen molar-refractivity contribution in [3.8, 4) is 0 Å². The van der Waals surface area contributed by atoms with Crippen molar-refractivity contribution in [2.75, 3.05) is 5.73 Å². The summed E-state index contributed by atoms with van der Waals surface area (Å²) in [5.74, 6) is -0.120. The fraction of sp³-hybridized carbons (Fsp3) is 0.286. The molecule has 0 saturated carbocycles. The van der Waals surface area contributed by atoms with E-state index in [1.54, 1.807) is 6.92 Å². The SMILES string of the molecule is Cc1cc(C)cc(CNC(=O)c2sc(N)nc2C)c1. The molecule has 0 bridgehead atoms. The maximum Gasteiger partial charge on any atom is 0.263 e. The van der Waals surface area contributed by atoms with Crippen LogP contribution in [0.3, 0.4) is 0 Å². The molecule has 0 atom stereocenters. The number of amides is 1. The smallest absolute Gasteiger partial charge is 0.263 e. The average molecular weight is 275 g/mol. The van der Waals surface area contributed by atoms with Crippen molar-refractivity contribution in [1.29, 1.82) is 0 Å². The van der Waals surface area contributed by atoms with Crippen molar-refractivity contribution in [3.63, 3.8) is 0 Å². The molecule has 0 spiro atoms. The minimum absolute atomic E-state index is 0.120. The minimum atomic E-state index is -0.120. The van der Waals surface area contributed by atoms with E-state index in [-0.39, 0.29) is 5.91 Å². The number of carbonyl (C=O) groups is 1. The zero-order chi connectivity index (χ0) is 14.0. The third kappa shape index (κ3) is 3.32. The lowest BCUT2D eigenvalue weighted by Crippen LogP contribution is -2.22. The number of rotatable bonds is 3. The van der Waals surface area contributed by atoms with Crippen molar-refractivity contribution >= 4 is 22.4 Å². The summed E-state index contributed by atoms with van der Waals surface area (Å²) in [5.41, 5.74) is 9.76. The van der Waals surface area contributed by atoms with Gasteiger partial charge in [0.05, 0.1) is 5.69 Å². The molecule has 2 aromatic rings. The van der Waals surface area contributed by atoms with Crippen LogP contribution in [0.4, 0.5) is 5.13 Å². The first-order chi connectivity index (χ1) is 8.95. The van der Waals surface area contributed by atoms with Gasteiger partial charge < -0.3 is 11.1 Å². The van der Waals surface area contributed by atoms with Gasteiger partial charge in [0.25, 0.3) is 5.91 Å². The number of hydrogen-bond donors (Lipinski definition) is 2. The summed E-state index contributed by atoms with van der Waals surface area (Å²) >= 11 is 1.22. The second-order valence-electron chi connectivity index (χ2n) is 4.65. The number of hydrogen-bond acceptors (Lipinski definition) is 4. The van der Waals surface area contributed by atoms with Gasteiger partial charge in [-0.3, -0.25) is 4.79 Å². The normalized spacial score (nSPS) is 10.5. The van der Waals surface area contributed by atoms with Gasteiger partial charge >= 0.3 is 0 Å². The summed E-state index contributed by atoms with van der Waals surface area (Å²) in [7, 11) is 0. The Hall–Kier alpha value is -1.88. The quantitative estimate of drug-likeness (QED) is 0.904. The molecule has 2 rings (SSSR count). The lowest BCUT2D eigenvalue weighted by atomic mass is 10.1. The highest BCUT2D eigenvalue weighted by Gasteiger charge is 2.13. The van der Waals surface area contributed by atoms with Gasteiger partial charge in [0.2, 0.25) is 0 Å². The van der Waals surface area contributed by atoms with Gasteiger partial charge in [-0.05, 0) is 26.3 Å². The van der Waals surface area contributed by atoms with Crippen LogP contribution in [-0.2, 0) is 6.54 Å². The van der Waals surface area contributed by atoms with Crippen LogP contribution in [-0.4, -0.2) is 10.9 Å². The Bertz CT molecular complexity index is 599. The molecule has 0 saturated heterocycles. The van der Waals surface area contributed by atoms with E-state index >= 15 is 0 Å². The minimum Gasteiger partial charge on any atom is -0.375 e. The molecule has 100 valence electrons. The third-order valence-corrected chi connectivity index (χ3v) is 3.74. The number of nitrogen functional groups attached to an aromatic ring is 1. The molecule has 1 aromatic carbocycles. The fourth-order valence-corrected chi connectivity index (χ4v) is 2.81. The average Bonchev–Trinajstić information content (AvgIpc) is 2.64. The van der Waals surface area contributed by atoms with Gasteiger partial charge in [-0.25, -0.2) is 4.98 Å². The molecule has 0 aliphatic carbocycles. The molecule has 0 unspecified atom stereocenters. The predicted octanol–water partition coefficient (Wildman–Crippen LogP) is 2.58. The highest BCUT2D eigenvalue weighted by atomic mass is 32.1. The molecule has 1 amide bonds. The number of aromatic nitrogens is 1. The number of benzene rings is 1. The number of nitrogens with one attached hydrogen (secondary N) is 1. The third-order valence-electron chi connectivity index (χ3n) is 2.75. The number of carbonyl (C=O) groups excluding carboxylic acids is 1. The van der Waals surface area contributed by atoms with Crippen LogP contribution in [0.5, 0.6) is 0 Å². The van der Waals surface area contributed by atoms with E-state index in [1.807, 2.05) is 13.8 Å². The van der Waals surface area contributed by atoms with E-state index in [4.69, 9.17) is 5.73 Å². The summed E-state index contributed by atoms with van der Waals surface area (Å²) in [6, 6.07) is 6.25. The molecule has 1 heterocycles. The van der Waals surface area contributed by atoms with Crippen LogP contribution in [0.2, 0.25) is 0 Å². The molecular weight excluding hydrogens is 258 g/mol. The maximum atomic E-state index is 12.0. The van der Waals surface area contributed by atoms with Crippen LogP contribution < -0.4 is 11.1 Å². The fourth-order valence-electron chi connectivity index (χ4n) is 2.06. The van der Waals surface area contributed by atoms with Gasteiger partial charge in [0.1, 0.15) is 4.88 Å². The molecule has 0 fully saturated rings. The first-order valence-corrected chi connectivity index (χ1v) is 6.85. The monoisotopic (exact) mass is 275 g/mol. The van der Waals surface area contributed by atoms with E-state index in [0.29, 0.717) is 22.2 Å². The highest BCUT2D eigenvalue weighted by Crippen LogP contribution is 2.19. The van der Waals surface area contributed by atoms with Crippen LogP contribution in [0, 0.1) is 20.8 Å². The second kappa shape index (κ2) is 5.40. The van der Waals surface area contributed by atoms with E-state index in [1.165, 1.54) is 22.5 Å². The van der Waals surface area contributed by atoms with E-state index in [2.05, 4.69) is 28.5 Å². The van der Waals surface area contributed by atoms with Crippen LogP contribution in [0.25, 0.3) is 0 Å². The predicted molar refractivity (Wildman–Crippen MR) is 78.3 cm³/mol. The van der Waals surface area contributed by atoms with E-state index < -0.39 is 0 Å². The molecule has 4 nitrogen and oxygen atoms in total. The van der Waals surface area contributed by atoms with E-state index in [0.717, 1.165) is 5.56 Å². The van der Waals surface area contributed by atoms with Crippen LogP contribution in [0.1, 0.15) is 32.1 Å². The number of anilines is 1. The largest absolute Gasteiger partial charge is 0.375 e. The van der Waals surface area contributed by atoms with Crippen molar-refractivity contribution in [3.05, 3.63) is 45.5 Å². The molecule has 0 aliphatic rings. The Morgan fingerprint density at radius 1 is 1.26 bits per heavy atom.